The predicted octanol–water partition coefficient (Wildman–Crippen LogP) is 16.4. The first-order valence-corrected chi connectivity index (χ1v) is 21.3. The van der Waals surface area contributed by atoms with E-state index in [4.69, 9.17) is 0 Å². The van der Waals surface area contributed by atoms with Crippen LogP contribution in [-0.2, 0) is 0 Å². The second kappa shape index (κ2) is 16.3. The van der Waals surface area contributed by atoms with Crippen molar-refractivity contribution in [1.29, 1.82) is 0 Å². The van der Waals surface area contributed by atoms with Gasteiger partial charge in [-0.3, -0.25) is 0 Å². The number of fused-ring (bicyclic) bond motifs is 3. The number of hydrogen-bond donors (Lipinski definition) is 0. The van der Waals surface area contributed by atoms with E-state index in [9.17, 15) is 0 Å². The number of benzene rings is 9. The van der Waals surface area contributed by atoms with Gasteiger partial charge in [0.2, 0.25) is 0 Å². The third kappa shape index (κ3) is 7.37. The maximum atomic E-state index is 2.42. The molecule has 300 valence electrons. The summed E-state index contributed by atoms with van der Waals surface area (Å²) in [7, 11) is 0. The van der Waals surface area contributed by atoms with Crippen molar-refractivity contribution in [2.45, 2.75) is 27.7 Å². The first-order chi connectivity index (χ1) is 30.4. The molecule has 0 radical (unpaired) electrons. The highest BCUT2D eigenvalue weighted by molar-refractivity contribution is 6.12. The van der Waals surface area contributed by atoms with Crippen molar-refractivity contribution in [1.82, 2.24) is 4.57 Å². The highest BCUT2D eigenvalue weighted by Crippen LogP contribution is 2.43. The van der Waals surface area contributed by atoms with Gasteiger partial charge in [0.15, 0.2) is 0 Å². The third-order valence-corrected chi connectivity index (χ3v) is 11.8. The van der Waals surface area contributed by atoms with Gasteiger partial charge >= 0.3 is 0 Å². The number of para-hydroxylation sites is 2. The molecule has 0 bridgehead atoms. The Hall–Kier alpha value is -7.82. The van der Waals surface area contributed by atoms with E-state index in [1.807, 2.05) is 0 Å². The van der Waals surface area contributed by atoms with Gasteiger partial charge in [0, 0.05) is 67.6 Å². The topological polar surface area (TPSA) is 14.7 Å². The zero-order chi connectivity index (χ0) is 42.2. The highest BCUT2D eigenvalue weighted by Gasteiger charge is 2.21. The molecule has 9 aromatic carbocycles. The molecule has 0 saturated carbocycles. The Morgan fingerprint density at radius 1 is 0.258 bits per heavy atom. The molecule has 0 saturated heterocycles. The van der Waals surface area contributed by atoms with Crippen molar-refractivity contribution in [2.24, 2.45) is 0 Å². The number of nitrogens with zero attached hydrogens (tertiary/aromatic N) is 4. The summed E-state index contributed by atoms with van der Waals surface area (Å²) in [5.74, 6) is 0. The molecule has 1 aromatic heterocycles. The summed E-state index contributed by atoms with van der Waals surface area (Å²) in [5, 5.41) is 2.35. The van der Waals surface area contributed by atoms with Crippen LogP contribution in [0.4, 0.5) is 51.2 Å². The van der Waals surface area contributed by atoms with Crippen LogP contribution in [0.2, 0.25) is 0 Å². The number of anilines is 9. The van der Waals surface area contributed by atoms with E-state index in [0.29, 0.717) is 0 Å². The Morgan fingerprint density at radius 2 is 0.516 bits per heavy atom. The van der Waals surface area contributed by atoms with Gasteiger partial charge in [-0.05, 0) is 161 Å². The van der Waals surface area contributed by atoms with Crippen LogP contribution in [0.15, 0.2) is 218 Å². The minimum absolute atomic E-state index is 1.09. The zero-order valence-electron chi connectivity index (χ0n) is 35.6. The lowest BCUT2D eigenvalue weighted by Gasteiger charge is -2.26. The monoisotopic (exact) mass is 800 g/mol. The summed E-state index contributed by atoms with van der Waals surface area (Å²) >= 11 is 0. The summed E-state index contributed by atoms with van der Waals surface area (Å²) in [4.78, 5) is 7.04. The molecule has 0 aliphatic rings. The van der Waals surface area contributed by atoms with E-state index in [1.165, 1.54) is 33.0 Å². The Labute approximate surface area is 364 Å². The van der Waals surface area contributed by atoms with Gasteiger partial charge in [0.1, 0.15) is 0 Å². The minimum Gasteiger partial charge on any atom is -0.311 e. The largest absolute Gasteiger partial charge is 0.311 e. The lowest BCUT2D eigenvalue weighted by molar-refractivity contribution is 1.17. The molecule has 1 heterocycles. The molecule has 4 heteroatoms. The molecule has 0 atom stereocenters. The Kier molecular flexibility index (Phi) is 10.1. The molecule has 0 aliphatic heterocycles. The second-order valence-corrected chi connectivity index (χ2v) is 16.3. The molecule has 0 fully saturated rings. The van der Waals surface area contributed by atoms with Gasteiger partial charge in [-0.1, -0.05) is 107 Å². The van der Waals surface area contributed by atoms with Crippen molar-refractivity contribution in [3.8, 4) is 5.69 Å². The first-order valence-electron chi connectivity index (χ1n) is 21.3. The maximum Gasteiger partial charge on any atom is 0.0542 e. The van der Waals surface area contributed by atoms with Crippen molar-refractivity contribution in [3.05, 3.63) is 241 Å². The van der Waals surface area contributed by atoms with Crippen LogP contribution in [0.1, 0.15) is 22.3 Å². The highest BCUT2D eigenvalue weighted by atomic mass is 15.2. The van der Waals surface area contributed by atoms with Gasteiger partial charge in [0.05, 0.1) is 11.0 Å². The molecule has 62 heavy (non-hydrogen) atoms. The van der Waals surface area contributed by atoms with Crippen LogP contribution < -0.4 is 14.7 Å². The number of hydrogen-bond acceptors (Lipinski definition) is 3. The second-order valence-electron chi connectivity index (χ2n) is 16.3. The summed E-state index contributed by atoms with van der Waals surface area (Å²) in [6.07, 6.45) is 0. The third-order valence-electron chi connectivity index (χ3n) is 11.8. The van der Waals surface area contributed by atoms with E-state index in [0.717, 1.165) is 67.9 Å². The molecule has 0 aliphatic carbocycles. The van der Waals surface area contributed by atoms with Crippen LogP contribution in [0, 0.1) is 27.7 Å². The number of rotatable bonds is 10. The summed E-state index contributed by atoms with van der Waals surface area (Å²) < 4.78 is 2.42. The van der Waals surface area contributed by atoms with Crippen molar-refractivity contribution >= 4 is 73.0 Å². The van der Waals surface area contributed by atoms with E-state index in [-0.39, 0.29) is 0 Å². The fourth-order valence-corrected chi connectivity index (χ4v) is 8.58. The summed E-state index contributed by atoms with van der Waals surface area (Å²) in [6, 6.07) is 79.3. The number of aromatic nitrogens is 1. The summed E-state index contributed by atoms with van der Waals surface area (Å²) in [6.45, 7) is 8.57. The predicted molar refractivity (Wildman–Crippen MR) is 264 cm³/mol. The molecule has 0 N–H and O–H groups in total. The lowest BCUT2D eigenvalue weighted by Crippen LogP contribution is -2.10. The Bertz CT molecular complexity index is 2830. The van der Waals surface area contributed by atoms with Crippen LogP contribution in [-0.4, -0.2) is 4.57 Å². The minimum atomic E-state index is 1.09. The smallest absolute Gasteiger partial charge is 0.0542 e. The van der Waals surface area contributed by atoms with Gasteiger partial charge in [-0.25, -0.2) is 0 Å². The Balaban J connectivity index is 1.18. The quantitative estimate of drug-likeness (QED) is 0.137. The van der Waals surface area contributed by atoms with Crippen LogP contribution >= 0.6 is 0 Å². The fourth-order valence-electron chi connectivity index (χ4n) is 8.58. The first kappa shape index (κ1) is 38.4. The van der Waals surface area contributed by atoms with Crippen LogP contribution in [0.25, 0.3) is 27.5 Å². The lowest BCUT2D eigenvalue weighted by atomic mass is 10.1. The fraction of sp³-hybridized carbons (Fsp3) is 0.0690. The molecule has 0 spiro atoms. The normalized spacial score (nSPS) is 11.2. The molecular weight excluding hydrogens is 753 g/mol. The van der Waals surface area contributed by atoms with E-state index in [1.54, 1.807) is 0 Å². The van der Waals surface area contributed by atoms with Crippen molar-refractivity contribution in [3.63, 3.8) is 0 Å². The Morgan fingerprint density at radius 3 is 0.839 bits per heavy atom. The zero-order valence-corrected chi connectivity index (χ0v) is 35.6. The van der Waals surface area contributed by atoms with Crippen LogP contribution in [0.5, 0.6) is 0 Å². The van der Waals surface area contributed by atoms with Crippen LogP contribution in [0.3, 0.4) is 0 Å². The summed E-state index contributed by atoms with van der Waals surface area (Å²) in [5.41, 5.74) is 18.3. The van der Waals surface area contributed by atoms with E-state index >= 15 is 0 Å². The average Bonchev–Trinajstić information content (AvgIpc) is 3.63. The molecule has 0 amide bonds. The van der Waals surface area contributed by atoms with Gasteiger partial charge in [-0.15, -0.1) is 0 Å². The SMILES string of the molecule is Cc1ccc(N(c2ccc(C)cc2)c2ccc3c(c2)c2cc(N(c4ccc(C)cc4)c4ccc(C)cc4)ccc2n3-c2ccc(N(c3ccccc3)c3ccccc3)cc2)cc1. The van der Waals surface area contributed by atoms with Gasteiger partial charge in [-0.2, -0.15) is 0 Å². The number of aryl methyl sites for hydroxylation is 4. The maximum absolute atomic E-state index is 2.42. The molecule has 10 aromatic rings. The average molecular weight is 801 g/mol. The van der Waals surface area contributed by atoms with Gasteiger partial charge in [0.25, 0.3) is 0 Å². The molecular formula is C58H48N4. The standard InChI is InChI=1S/C58H48N4/c1-41-15-23-47(24-16-41)60(48-25-17-42(2)18-26-48)53-35-37-57-55(39-53)56-40-54(61(49-27-19-43(3)20-28-49)50-29-21-44(4)22-30-50)36-38-58(56)62(57)52-33-31-51(32-34-52)59(45-11-7-5-8-12-45)46-13-9-6-10-14-46/h5-40H,1-4H3. The molecule has 0 unspecified atom stereocenters. The van der Waals surface area contributed by atoms with E-state index in [2.05, 4.69) is 265 Å². The molecule has 4 nitrogen and oxygen atoms in total. The van der Waals surface area contributed by atoms with E-state index < -0.39 is 0 Å². The molecule has 10 rings (SSSR count). The van der Waals surface area contributed by atoms with Gasteiger partial charge < -0.3 is 19.3 Å². The van der Waals surface area contributed by atoms with Crippen molar-refractivity contribution < 1.29 is 0 Å². The van der Waals surface area contributed by atoms with Crippen molar-refractivity contribution in [2.75, 3.05) is 14.7 Å².